The average Bonchev–Trinajstić information content (AvgIpc) is 3.48. The second-order valence-electron chi connectivity index (χ2n) is 9.82. The number of hydrogen-bond acceptors (Lipinski definition) is 8. The van der Waals surface area contributed by atoms with E-state index >= 15 is 0 Å². The second-order valence-corrected chi connectivity index (χ2v) is 9.82. The summed E-state index contributed by atoms with van der Waals surface area (Å²) in [7, 11) is 0. The van der Waals surface area contributed by atoms with Crippen LogP contribution in [-0.4, -0.2) is 58.8 Å². The molecule has 0 saturated heterocycles. The van der Waals surface area contributed by atoms with Gasteiger partial charge in [0.1, 0.15) is 17.2 Å². The maximum absolute atomic E-state index is 13.2. The zero-order chi connectivity index (χ0) is 31.6. The van der Waals surface area contributed by atoms with Gasteiger partial charge in [-0.1, -0.05) is 50.2 Å². The van der Waals surface area contributed by atoms with Gasteiger partial charge in [0.25, 0.3) is 0 Å². The van der Waals surface area contributed by atoms with Crippen LogP contribution < -0.4 is 24.4 Å². The normalized spacial score (nSPS) is 10.8. The molecule has 1 N–H and O–H groups in total. The van der Waals surface area contributed by atoms with Gasteiger partial charge in [0.05, 0.1) is 11.2 Å². The monoisotopic (exact) mass is 607 g/mol. The molecule has 0 aliphatic rings. The Morgan fingerprint density at radius 2 is 1.47 bits per heavy atom. The zero-order valence-electron chi connectivity index (χ0n) is 25.0. The number of hydrogen-bond donors (Lipinski definition) is 1. The Bertz CT molecular complexity index is 1760. The molecule has 45 heavy (non-hydrogen) atoms. The number of para-hydroxylation sites is 2. The lowest BCUT2D eigenvalue weighted by molar-refractivity contribution is 0.189. The average molecular weight is 608 g/mol. The van der Waals surface area contributed by atoms with E-state index in [1.54, 1.807) is 95.7 Å². The number of benzene rings is 3. The van der Waals surface area contributed by atoms with Crippen molar-refractivity contribution in [3.8, 4) is 23.1 Å². The highest BCUT2D eigenvalue weighted by molar-refractivity contribution is 6.10. The molecule has 11 nitrogen and oxygen atoms in total. The van der Waals surface area contributed by atoms with Crippen LogP contribution in [0.5, 0.6) is 23.1 Å². The molecule has 11 heteroatoms. The van der Waals surface area contributed by atoms with Gasteiger partial charge in [-0.3, -0.25) is 4.57 Å². The number of nitrogens with zero attached hydrogens (tertiary/aromatic N) is 4. The molecule has 5 aromatic rings. The van der Waals surface area contributed by atoms with Gasteiger partial charge in [0, 0.05) is 36.9 Å². The molecular formula is C34H33N5O6. The van der Waals surface area contributed by atoms with Crippen LogP contribution in [0.4, 0.5) is 20.1 Å². The number of fused-ring (bicyclic) bond motifs is 1. The summed E-state index contributed by atoms with van der Waals surface area (Å²) in [6.45, 7) is 7.37. The molecule has 0 aliphatic carbocycles. The number of nitrogens with one attached hydrogen (secondary N) is 1. The number of aromatic nitrogens is 2. The second kappa shape index (κ2) is 14.7. The lowest BCUT2D eigenvalue weighted by Crippen LogP contribution is -2.41. The van der Waals surface area contributed by atoms with Crippen LogP contribution in [0.2, 0.25) is 0 Å². The number of carbonyl (C=O) groups is 3. The van der Waals surface area contributed by atoms with Crippen molar-refractivity contribution in [2.24, 2.45) is 0 Å². The number of likely N-dealkylation sites (N-methyl/N-ethyl adjacent to an activating group) is 1. The van der Waals surface area contributed by atoms with E-state index in [0.717, 1.165) is 35.4 Å². The molecule has 3 aromatic carbocycles. The van der Waals surface area contributed by atoms with Gasteiger partial charge in [-0.25, -0.2) is 19.4 Å². The fourth-order valence-corrected chi connectivity index (χ4v) is 4.59. The van der Waals surface area contributed by atoms with Gasteiger partial charge >= 0.3 is 18.2 Å². The highest BCUT2D eigenvalue weighted by atomic mass is 16.6. The number of anilines is 1. The fraction of sp³-hybridized carbons (Fsp3) is 0.176. The molecule has 0 fully saturated rings. The van der Waals surface area contributed by atoms with E-state index in [2.05, 4.69) is 29.0 Å². The molecule has 2 heterocycles. The molecule has 230 valence electrons. The maximum Gasteiger partial charge on any atom is 0.430 e. The number of amides is 3. The fourth-order valence-electron chi connectivity index (χ4n) is 4.59. The summed E-state index contributed by atoms with van der Waals surface area (Å²) in [5.41, 5.74) is 0.990. The molecule has 2 aromatic heterocycles. The first kappa shape index (κ1) is 30.8. The molecule has 0 radical (unpaired) electrons. The Labute approximate surface area is 260 Å². The quantitative estimate of drug-likeness (QED) is 0.182. The van der Waals surface area contributed by atoms with E-state index in [1.165, 1.54) is 12.3 Å². The summed E-state index contributed by atoms with van der Waals surface area (Å²) in [5, 5.41) is 3.77. The van der Waals surface area contributed by atoms with Crippen molar-refractivity contribution >= 4 is 34.8 Å². The molecular weight excluding hydrogens is 574 g/mol. The van der Waals surface area contributed by atoms with Gasteiger partial charge in [0.15, 0.2) is 0 Å². The first-order valence-corrected chi connectivity index (χ1v) is 14.5. The van der Waals surface area contributed by atoms with Crippen molar-refractivity contribution in [2.45, 2.75) is 13.8 Å². The summed E-state index contributed by atoms with van der Waals surface area (Å²) in [5.74, 6) is 1.04. The van der Waals surface area contributed by atoms with Crippen molar-refractivity contribution in [1.82, 2.24) is 19.8 Å². The van der Waals surface area contributed by atoms with E-state index in [-0.39, 0.29) is 23.3 Å². The Morgan fingerprint density at radius 3 is 2.20 bits per heavy atom. The van der Waals surface area contributed by atoms with Crippen molar-refractivity contribution in [3.05, 3.63) is 109 Å². The Morgan fingerprint density at radius 1 is 0.778 bits per heavy atom. The molecule has 5 rings (SSSR count). The number of ether oxygens (including phenoxy) is 3. The van der Waals surface area contributed by atoms with Crippen LogP contribution in [0, 0.1) is 0 Å². The molecule has 0 unspecified atom stereocenters. The van der Waals surface area contributed by atoms with E-state index < -0.39 is 12.2 Å². The van der Waals surface area contributed by atoms with Crippen molar-refractivity contribution in [3.63, 3.8) is 0 Å². The third kappa shape index (κ3) is 7.84. The first-order valence-electron chi connectivity index (χ1n) is 14.5. The van der Waals surface area contributed by atoms with Crippen molar-refractivity contribution in [1.29, 1.82) is 0 Å². The Kier molecular flexibility index (Phi) is 10.0. The Balaban J connectivity index is 1.26. The van der Waals surface area contributed by atoms with Gasteiger partial charge < -0.3 is 24.4 Å². The Hall–Kier alpha value is -5.68. The highest BCUT2D eigenvalue weighted by Gasteiger charge is 2.28. The lowest BCUT2D eigenvalue weighted by Gasteiger charge is -2.19. The van der Waals surface area contributed by atoms with Gasteiger partial charge in [-0.2, -0.15) is 4.90 Å². The molecule has 3 amide bonds. The number of rotatable bonds is 10. The SMILES string of the molecule is CCN(CC)CCNC(=O)n1ccc2cc(Oc3ccnc(OC(=O)N(C(=O)Oc4ccccc4)c4ccccc4)c3)ccc21. The zero-order valence-corrected chi connectivity index (χ0v) is 25.0. The maximum atomic E-state index is 13.2. The lowest BCUT2D eigenvalue weighted by atomic mass is 10.2. The minimum absolute atomic E-state index is 0.0837. The van der Waals surface area contributed by atoms with Crippen molar-refractivity contribution < 1.29 is 28.6 Å². The van der Waals surface area contributed by atoms with Gasteiger partial charge in [-0.05, 0) is 67.7 Å². The van der Waals surface area contributed by atoms with Crippen LogP contribution in [0.3, 0.4) is 0 Å². The number of pyridine rings is 1. The minimum Gasteiger partial charge on any atom is -0.457 e. The van der Waals surface area contributed by atoms with Crippen LogP contribution in [0.15, 0.2) is 109 Å². The summed E-state index contributed by atoms with van der Waals surface area (Å²) >= 11 is 0. The summed E-state index contributed by atoms with van der Waals surface area (Å²) in [4.78, 5) is 46.2. The smallest absolute Gasteiger partial charge is 0.430 e. The van der Waals surface area contributed by atoms with Gasteiger partial charge in [-0.15, -0.1) is 0 Å². The molecule has 0 aliphatic heterocycles. The molecule has 0 atom stereocenters. The van der Waals surface area contributed by atoms with E-state index in [0.29, 0.717) is 18.0 Å². The van der Waals surface area contributed by atoms with Crippen LogP contribution in [0.1, 0.15) is 13.8 Å². The number of imide groups is 1. The number of carbonyl (C=O) groups excluding carboxylic acids is 3. The van der Waals surface area contributed by atoms with E-state index in [9.17, 15) is 14.4 Å². The third-order valence-electron chi connectivity index (χ3n) is 6.94. The topological polar surface area (TPSA) is 115 Å². The largest absolute Gasteiger partial charge is 0.457 e. The van der Waals surface area contributed by atoms with Crippen LogP contribution in [-0.2, 0) is 0 Å². The molecule has 0 bridgehead atoms. The van der Waals surface area contributed by atoms with Crippen LogP contribution >= 0.6 is 0 Å². The summed E-state index contributed by atoms with van der Waals surface area (Å²) in [6, 6.07) is 26.7. The predicted molar refractivity (Wildman–Crippen MR) is 170 cm³/mol. The minimum atomic E-state index is -1.01. The third-order valence-corrected chi connectivity index (χ3v) is 6.94. The van der Waals surface area contributed by atoms with Crippen molar-refractivity contribution in [2.75, 3.05) is 31.1 Å². The standard InChI is InChI=1S/C34H33N5O6/c1-3-37(4-2)22-20-36-32(40)38-21-18-25-23-28(15-16-30(25)38)43-29-17-19-35-31(24-29)45-34(42)39(26-11-7-5-8-12-26)33(41)44-27-13-9-6-10-14-27/h5-19,21,23-24H,3-4,20,22H2,1-2H3,(H,36,40). The molecule has 0 spiro atoms. The van der Waals surface area contributed by atoms with Gasteiger partial charge in [0.2, 0.25) is 5.88 Å². The summed E-state index contributed by atoms with van der Waals surface area (Å²) < 4.78 is 18.4. The van der Waals surface area contributed by atoms with E-state index in [4.69, 9.17) is 14.2 Å². The van der Waals surface area contributed by atoms with E-state index in [1.807, 2.05) is 6.07 Å². The molecule has 0 saturated carbocycles. The van der Waals surface area contributed by atoms with Crippen LogP contribution in [0.25, 0.3) is 10.9 Å². The highest BCUT2D eigenvalue weighted by Crippen LogP contribution is 2.28. The first-order chi connectivity index (χ1) is 21.9. The predicted octanol–water partition coefficient (Wildman–Crippen LogP) is 6.93. The summed E-state index contributed by atoms with van der Waals surface area (Å²) in [6.07, 6.45) is 1.18.